The van der Waals surface area contributed by atoms with Gasteiger partial charge in [0.25, 0.3) is 0 Å². The molecule has 1 aliphatic heterocycles. The Morgan fingerprint density at radius 3 is 2.92 bits per heavy atom. The van der Waals surface area contributed by atoms with Crippen LogP contribution in [-0.4, -0.2) is 29.5 Å². The molecule has 0 spiro atoms. The van der Waals surface area contributed by atoms with Crippen LogP contribution in [0.4, 0.5) is 0 Å². The highest BCUT2D eigenvalue weighted by Crippen LogP contribution is 2.18. The Bertz CT molecular complexity index is 170. The summed E-state index contributed by atoms with van der Waals surface area (Å²) < 4.78 is 0. The third-order valence-corrected chi connectivity index (χ3v) is 3.05. The van der Waals surface area contributed by atoms with E-state index in [4.69, 9.17) is 18.0 Å². The second kappa shape index (κ2) is 5.55. The van der Waals surface area contributed by atoms with E-state index in [1.54, 1.807) is 0 Å². The molecule has 0 aromatic rings. The molecule has 1 atom stereocenters. The van der Waals surface area contributed by atoms with Crippen LogP contribution in [0.2, 0.25) is 0 Å². The smallest absolute Gasteiger partial charge is 0.0727 e. The van der Waals surface area contributed by atoms with E-state index in [0.717, 1.165) is 18.8 Å². The number of nitrogens with two attached hydrogens (primary N) is 1. The van der Waals surface area contributed by atoms with Crippen molar-refractivity contribution in [3.63, 3.8) is 0 Å². The third-order valence-electron chi connectivity index (χ3n) is 2.84. The number of likely N-dealkylation sites (tertiary alicyclic amines) is 1. The molecule has 0 bridgehead atoms. The van der Waals surface area contributed by atoms with Crippen LogP contribution in [0.1, 0.15) is 32.6 Å². The van der Waals surface area contributed by atoms with Gasteiger partial charge in [0.2, 0.25) is 0 Å². The first kappa shape index (κ1) is 10.9. The fourth-order valence-corrected chi connectivity index (χ4v) is 2.07. The molecule has 3 heteroatoms. The summed E-state index contributed by atoms with van der Waals surface area (Å²) in [5.41, 5.74) is 5.44. The minimum absolute atomic E-state index is 0.659. The van der Waals surface area contributed by atoms with Gasteiger partial charge in [0, 0.05) is 6.54 Å². The van der Waals surface area contributed by atoms with E-state index in [0.29, 0.717) is 4.99 Å². The Balaban J connectivity index is 2.07. The maximum Gasteiger partial charge on any atom is 0.0727 e. The van der Waals surface area contributed by atoms with E-state index in [1.165, 1.54) is 32.5 Å². The van der Waals surface area contributed by atoms with Gasteiger partial charge in [-0.15, -0.1) is 0 Å². The van der Waals surface area contributed by atoms with Crippen molar-refractivity contribution >= 4 is 17.2 Å². The Morgan fingerprint density at radius 1 is 1.62 bits per heavy atom. The lowest BCUT2D eigenvalue weighted by atomic mass is 10.1. The van der Waals surface area contributed by atoms with E-state index in [2.05, 4.69) is 11.8 Å². The van der Waals surface area contributed by atoms with Crippen molar-refractivity contribution in [3.8, 4) is 0 Å². The molecular weight excluding hydrogens is 180 g/mol. The maximum atomic E-state index is 5.44. The van der Waals surface area contributed by atoms with Gasteiger partial charge >= 0.3 is 0 Å². The van der Waals surface area contributed by atoms with E-state index in [-0.39, 0.29) is 0 Å². The third kappa shape index (κ3) is 4.05. The molecule has 1 unspecified atom stereocenters. The molecule has 0 amide bonds. The number of hydrogen-bond acceptors (Lipinski definition) is 2. The minimum atomic E-state index is 0.659. The summed E-state index contributed by atoms with van der Waals surface area (Å²) in [7, 11) is 0. The Kier molecular flexibility index (Phi) is 4.67. The Labute approximate surface area is 86.5 Å². The second-order valence-electron chi connectivity index (χ2n) is 3.93. The summed E-state index contributed by atoms with van der Waals surface area (Å²) in [4.78, 5) is 3.19. The predicted octanol–water partition coefficient (Wildman–Crippen LogP) is 1.78. The van der Waals surface area contributed by atoms with Gasteiger partial charge in [0.15, 0.2) is 0 Å². The first-order valence-corrected chi connectivity index (χ1v) is 5.64. The van der Waals surface area contributed by atoms with Crippen LogP contribution in [-0.2, 0) is 0 Å². The molecule has 1 fully saturated rings. The summed E-state index contributed by atoms with van der Waals surface area (Å²) in [6.45, 7) is 6.01. The molecule has 1 rings (SSSR count). The number of nitrogens with zero attached hydrogens (tertiary/aromatic N) is 1. The van der Waals surface area contributed by atoms with Gasteiger partial charge in [0.05, 0.1) is 4.99 Å². The highest BCUT2D eigenvalue weighted by Gasteiger charge is 2.19. The highest BCUT2D eigenvalue weighted by molar-refractivity contribution is 7.80. The van der Waals surface area contributed by atoms with Crippen LogP contribution < -0.4 is 5.73 Å². The number of thiocarbonyl (C=S) groups is 1. The van der Waals surface area contributed by atoms with Crippen LogP contribution in [0.25, 0.3) is 0 Å². The maximum absolute atomic E-state index is 5.44. The molecule has 0 aromatic carbocycles. The lowest BCUT2D eigenvalue weighted by Crippen LogP contribution is -2.23. The molecule has 2 N–H and O–H groups in total. The molecule has 0 aliphatic carbocycles. The molecule has 76 valence electrons. The van der Waals surface area contributed by atoms with Gasteiger partial charge in [-0.2, -0.15) is 0 Å². The summed E-state index contributed by atoms with van der Waals surface area (Å²) in [6, 6.07) is 0. The average Bonchev–Trinajstić information content (AvgIpc) is 2.52. The molecule has 1 heterocycles. The molecular formula is C10H20N2S. The standard InChI is InChI=1S/C10H20N2S/c1-2-9-5-7-12(8-9)6-3-4-10(11)13/h9H,2-8H2,1H3,(H2,11,13). The van der Waals surface area contributed by atoms with Gasteiger partial charge in [0.1, 0.15) is 0 Å². The number of hydrogen-bond donors (Lipinski definition) is 1. The van der Waals surface area contributed by atoms with Gasteiger partial charge in [-0.1, -0.05) is 25.6 Å². The molecule has 0 radical (unpaired) electrons. The molecule has 0 aromatic heterocycles. The van der Waals surface area contributed by atoms with Gasteiger partial charge in [-0.05, 0) is 38.3 Å². The summed E-state index contributed by atoms with van der Waals surface area (Å²) in [5.74, 6) is 0.935. The zero-order valence-corrected chi connectivity index (χ0v) is 9.28. The van der Waals surface area contributed by atoms with Crippen molar-refractivity contribution in [1.29, 1.82) is 0 Å². The Hall–Kier alpha value is -0.150. The van der Waals surface area contributed by atoms with Crippen LogP contribution in [0, 0.1) is 5.92 Å². The SMILES string of the molecule is CCC1CCN(CCCC(N)=S)C1. The normalized spacial score (nSPS) is 23.6. The van der Waals surface area contributed by atoms with Crippen molar-refractivity contribution in [2.45, 2.75) is 32.6 Å². The van der Waals surface area contributed by atoms with Crippen LogP contribution >= 0.6 is 12.2 Å². The van der Waals surface area contributed by atoms with Gasteiger partial charge in [-0.3, -0.25) is 0 Å². The van der Waals surface area contributed by atoms with Crippen LogP contribution in [0.15, 0.2) is 0 Å². The van der Waals surface area contributed by atoms with Crippen molar-refractivity contribution in [2.75, 3.05) is 19.6 Å². The molecule has 1 aliphatic rings. The summed E-state index contributed by atoms with van der Waals surface area (Å²) in [5, 5.41) is 0. The first-order valence-electron chi connectivity index (χ1n) is 5.23. The lowest BCUT2D eigenvalue weighted by Gasteiger charge is -2.14. The fourth-order valence-electron chi connectivity index (χ4n) is 1.93. The van der Waals surface area contributed by atoms with E-state index in [1.807, 2.05) is 0 Å². The number of rotatable bonds is 5. The minimum Gasteiger partial charge on any atom is -0.393 e. The summed E-state index contributed by atoms with van der Waals surface area (Å²) >= 11 is 4.84. The fraction of sp³-hybridized carbons (Fsp3) is 0.900. The monoisotopic (exact) mass is 200 g/mol. The molecule has 13 heavy (non-hydrogen) atoms. The molecule has 0 saturated carbocycles. The Morgan fingerprint density at radius 2 is 2.38 bits per heavy atom. The van der Waals surface area contributed by atoms with Gasteiger partial charge in [-0.25, -0.2) is 0 Å². The van der Waals surface area contributed by atoms with Crippen LogP contribution in [0.5, 0.6) is 0 Å². The highest BCUT2D eigenvalue weighted by atomic mass is 32.1. The zero-order chi connectivity index (χ0) is 9.68. The predicted molar refractivity (Wildman–Crippen MR) is 60.9 cm³/mol. The van der Waals surface area contributed by atoms with Crippen molar-refractivity contribution in [2.24, 2.45) is 11.7 Å². The quantitative estimate of drug-likeness (QED) is 0.686. The molecule has 1 saturated heterocycles. The average molecular weight is 200 g/mol. The van der Waals surface area contributed by atoms with E-state index in [9.17, 15) is 0 Å². The van der Waals surface area contributed by atoms with Crippen molar-refractivity contribution in [3.05, 3.63) is 0 Å². The van der Waals surface area contributed by atoms with Gasteiger partial charge < -0.3 is 10.6 Å². The summed E-state index contributed by atoms with van der Waals surface area (Å²) in [6.07, 6.45) is 4.74. The largest absolute Gasteiger partial charge is 0.393 e. The molecule has 2 nitrogen and oxygen atoms in total. The lowest BCUT2D eigenvalue weighted by molar-refractivity contribution is 0.320. The van der Waals surface area contributed by atoms with Crippen molar-refractivity contribution in [1.82, 2.24) is 4.90 Å². The topological polar surface area (TPSA) is 29.3 Å². The first-order chi connectivity index (χ1) is 6.22. The van der Waals surface area contributed by atoms with E-state index >= 15 is 0 Å². The van der Waals surface area contributed by atoms with Crippen molar-refractivity contribution < 1.29 is 0 Å². The zero-order valence-electron chi connectivity index (χ0n) is 8.46. The second-order valence-corrected chi connectivity index (χ2v) is 4.46. The van der Waals surface area contributed by atoms with Crippen LogP contribution in [0.3, 0.4) is 0 Å². The van der Waals surface area contributed by atoms with E-state index < -0.39 is 0 Å².